The lowest BCUT2D eigenvalue weighted by atomic mass is 9.52. The molecule has 63 heavy (non-hydrogen) atoms. The molecule has 14 rings (SSSR count). The Labute approximate surface area is 365 Å². The zero-order valence-electron chi connectivity index (χ0n) is 34.2. The first-order chi connectivity index (χ1) is 31.3. The summed E-state index contributed by atoms with van der Waals surface area (Å²) in [6.07, 6.45) is 0. The van der Waals surface area contributed by atoms with Gasteiger partial charge in [-0.3, -0.25) is 4.57 Å². The maximum absolute atomic E-state index is 5.38. The highest BCUT2D eigenvalue weighted by atomic mass is 15.1. The standard InChI is InChI=1S/C60H37N3/c1-3-19-38(20-4-1)54-37-57(62-58(61-54)39-21-5-2-6-22-39)63-55-34-18-10-26-43(55)45-35-53-44(36-56(45)63)42-25-9-13-29-48(42)60(53)51-32-16-14-30-49(51)59(50-31-15-17-33-52(50)60)46-27-11-7-23-40(46)41-24-8-12-28-47(41)59/h1-37H. The van der Waals surface area contributed by atoms with Crippen molar-refractivity contribution in [2.75, 3.05) is 0 Å². The van der Waals surface area contributed by atoms with Crippen molar-refractivity contribution in [1.82, 2.24) is 14.5 Å². The summed E-state index contributed by atoms with van der Waals surface area (Å²) in [6.45, 7) is 0. The van der Waals surface area contributed by atoms with Crippen molar-refractivity contribution >= 4 is 21.8 Å². The van der Waals surface area contributed by atoms with Crippen molar-refractivity contribution in [3.8, 4) is 50.7 Å². The van der Waals surface area contributed by atoms with E-state index in [2.05, 4.69) is 223 Å². The van der Waals surface area contributed by atoms with Crippen molar-refractivity contribution < 1.29 is 0 Å². The van der Waals surface area contributed by atoms with E-state index in [4.69, 9.17) is 9.97 Å². The summed E-state index contributed by atoms with van der Waals surface area (Å²) in [7, 11) is 0. The smallest absolute Gasteiger partial charge is 0.162 e. The van der Waals surface area contributed by atoms with Crippen molar-refractivity contribution in [2.24, 2.45) is 0 Å². The predicted molar refractivity (Wildman–Crippen MR) is 255 cm³/mol. The van der Waals surface area contributed by atoms with Gasteiger partial charge in [0.1, 0.15) is 5.82 Å². The van der Waals surface area contributed by atoms with Gasteiger partial charge in [0, 0.05) is 28.0 Å². The molecule has 3 aliphatic carbocycles. The lowest BCUT2D eigenvalue weighted by Gasteiger charge is -2.48. The van der Waals surface area contributed by atoms with Gasteiger partial charge in [0.2, 0.25) is 0 Å². The molecule has 0 aliphatic heterocycles. The topological polar surface area (TPSA) is 30.7 Å². The van der Waals surface area contributed by atoms with Crippen LogP contribution in [0.1, 0.15) is 44.5 Å². The highest BCUT2D eigenvalue weighted by molar-refractivity contribution is 6.12. The molecule has 2 aromatic heterocycles. The molecule has 0 saturated heterocycles. The van der Waals surface area contributed by atoms with E-state index in [0.29, 0.717) is 5.82 Å². The number of fused-ring (bicyclic) bond motifs is 19. The Bertz CT molecular complexity index is 3540. The van der Waals surface area contributed by atoms with Crippen LogP contribution in [0.4, 0.5) is 0 Å². The molecule has 292 valence electrons. The fourth-order valence-corrected chi connectivity index (χ4v) is 12.0. The molecule has 3 nitrogen and oxygen atoms in total. The van der Waals surface area contributed by atoms with Gasteiger partial charge in [0.25, 0.3) is 0 Å². The number of hydrogen-bond donors (Lipinski definition) is 0. The number of hydrogen-bond acceptors (Lipinski definition) is 2. The van der Waals surface area contributed by atoms with Gasteiger partial charge in [0.05, 0.1) is 27.6 Å². The largest absolute Gasteiger partial charge is 0.294 e. The molecule has 2 spiro atoms. The van der Waals surface area contributed by atoms with Crippen LogP contribution in [-0.2, 0) is 10.8 Å². The maximum Gasteiger partial charge on any atom is 0.162 e. The lowest BCUT2D eigenvalue weighted by Crippen LogP contribution is -2.43. The Kier molecular flexibility index (Phi) is 6.97. The molecule has 0 fully saturated rings. The summed E-state index contributed by atoms with van der Waals surface area (Å²) in [6, 6.07) is 82.8. The van der Waals surface area contributed by atoms with E-state index >= 15 is 0 Å². The van der Waals surface area contributed by atoms with Gasteiger partial charge in [-0.05, 0) is 85.0 Å². The fourth-order valence-electron chi connectivity index (χ4n) is 12.0. The summed E-state index contributed by atoms with van der Waals surface area (Å²) < 4.78 is 2.36. The molecule has 0 amide bonds. The number of rotatable bonds is 3. The Hall–Kier alpha value is -8.14. The van der Waals surface area contributed by atoms with Crippen LogP contribution in [0, 0.1) is 0 Å². The first-order valence-corrected chi connectivity index (χ1v) is 21.8. The summed E-state index contributed by atoms with van der Waals surface area (Å²) in [5.41, 5.74) is 19.9. The third-order valence-electron chi connectivity index (χ3n) is 14.3. The minimum Gasteiger partial charge on any atom is -0.294 e. The minimum atomic E-state index is -0.579. The second-order valence-corrected chi connectivity index (χ2v) is 17.2. The van der Waals surface area contributed by atoms with Crippen molar-refractivity contribution in [3.05, 3.63) is 269 Å². The third-order valence-corrected chi connectivity index (χ3v) is 14.3. The predicted octanol–water partition coefficient (Wildman–Crippen LogP) is 13.9. The van der Waals surface area contributed by atoms with E-state index in [9.17, 15) is 0 Å². The molecule has 3 aliphatic rings. The summed E-state index contributed by atoms with van der Waals surface area (Å²) >= 11 is 0. The van der Waals surface area contributed by atoms with Gasteiger partial charge in [0.15, 0.2) is 5.82 Å². The third kappa shape index (κ3) is 4.38. The van der Waals surface area contributed by atoms with Gasteiger partial charge >= 0.3 is 0 Å². The average molecular weight is 800 g/mol. The second-order valence-electron chi connectivity index (χ2n) is 17.2. The molecule has 11 aromatic rings. The van der Waals surface area contributed by atoms with Crippen LogP contribution in [0.3, 0.4) is 0 Å². The molecule has 9 aromatic carbocycles. The van der Waals surface area contributed by atoms with Crippen LogP contribution in [0.25, 0.3) is 72.5 Å². The van der Waals surface area contributed by atoms with E-state index in [1.807, 2.05) is 6.07 Å². The normalized spacial score (nSPS) is 14.3. The van der Waals surface area contributed by atoms with E-state index in [-0.39, 0.29) is 0 Å². The van der Waals surface area contributed by atoms with Crippen LogP contribution in [0.15, 0.2) is 224 Å². The van der Waals surface area contributed by atoms with Crippen LogP contribution >= 0.6 is 0 Å². The Morgan fingerprint density at radius 3 is 1.32 bits per heavy atom. The van der Waals surface area contributed by atoms with Gasteiger partial charge in [-0.15, -0.1) is 0 Å². The molecule has 0 unspecified atom stereocenters. The van der Waals surface area contributed by atoms with Crippen molar-refractivity contribution in [2.45, 2.75) is 10.8 Å². The Morgan fingerprint density at radius 2 is 0.746 bits per heavy atom. The fraction of sp³-hybridized carbons (Fsp3) is 0.0333. The summed E-state index contributed by atoms with van der Waals surface area (Å²) in [5, 5.41) is 2.39. The molecule has 0 bridgehead atoms. The van der Waals surface area contributed by atoms with E-state index in [0.717, 1.165) is 33.7 Å². The minimum absolute atomic E-state index is 0.483. The van der Waals surface area contributed by atoms with Gasteiger partial charge in [-0.2, -0.15) is 0 Å². The number of para-hydroxylation sites is 1. The molecular formula is C60H37N3. The number of aromatic nitrogens is 3. The second kappa shape index (κ2) is 12.7. The summed E-state index contributed by atoms with van der Waals surface area (Å²) in [5.74, 6) is 1.53. The quantitative estimate of drug-likeness (QED) is 0.178. The van der Waals surface area contributed by atoms with E-state index in [1.165, 1.54) is 77.5 Å². The van der Waals surface area contributed by atoms with Gasteiger partial charge < -0.3 is 0 Å². The van der Waals surface area contributed by atoms with Crippen LogP contribution < -0.4 is 0 Å². The SMILES string of the molecule is c1ccc(-c2cc(-n3c4ccccc4c4cc5c(cc43)-c3ccccc3C53c4ccccc4C4(c5ccccc5-c5ccccc54)c4ccccc43)nc(-c3ccccc3)n2)cc1. The average Bonchev–Trinajstić information content (AvgIpc) is 3.95. The van der Waals surface area contributed by atoms with E-state index in [1.54, 1.807) is 0 Å². The van der Waals surface area contributed by atoms with Gasteiger partial charge in [-0.25, -0.2) is 9.97 Å². The molecular weight excluding hydrogens is 763 g/mol. The number of benzene rings is 9. The first-order valence-electron chi connectivity index (χ1n) is 21.8. The monoisotopic (exact) mass is 799 g/mol. The Balaban J connectivity index is 1.10. The zero-order valence-corrected chi connectivity index (χ0v) is 34.2. The highest BCUT2D eigenvalue weighted by Gasteiger charge is 2.59. The lowest BCUT2D eigenvalue weighted by molar-refractivity contribution is 0.633. The van der Waals surface area contributed by atoms with Crippen molar-refractivity contribution in [3.63, 3.8) is 0 Å². The van der Waals surface area contributed by atoms with Crippen LogP contribution in [-0.4, -0.2) is 14.5 Å². The van der Waals surface area contributed by atoms with Crippen molar-refractivity contribution in [1.29, 1.82) is 0 Å². The Morgan fingerprint density at radius 1 is 0.302 bits per heavy atom. The van der Waals surface area contributed by atoms with Crippen LogP contribution in [0.5, 0.6) is 0 Å². The zero-order chi connectivity index (χ0) is 41.3. The molecule has 0 atom stereocenters. The van der Waals surface area contributed by atoms with Crippen LogP contribution in [0.2, 0.25) is 0 Å². The number of nitrogens with zero attached hydrogens (tertiary/aromatic N) is 3. The highest BCUT2D eigenvalue weighted by Crippen LogP contribution is 2.67. The first kappa shape index (κ1) is 34.6. The van der Waals surface area contributed by atoms with Gasteiger partial charge in [-0.1, -0.05) is 200 Å². The molecule has 0 N–H and O–H groups in total. The molecule has 0 radical (unpaired) electrons. The van der Waals surface area contributed by atoms with E-state index < -0.39 is 10.8 Å². The summed E-state index contributed by atoms with van der Waals surface area (Å²) in [4.78, 5) is 10.5. The molecule has 3 heteroatoms. The molecule has 0 saturated carbocycles. The molecule has 2 heterocycles. The maximum atomic E-state index is 5.38.